The average Bonchev–Trinajstić information content (AvgIpc) is 2.83. The summed E-state index contributed by atoms with van der Waals surface area (Å²) >= 11 is 1.38. The Morgan fingerprint density at radius 1 is 1.53 bits per heavy atom. The summed E-state index contributed by atoms with van der Waals surface area (Å²) in [6.07, 6.45) is 2.33. The molecule has 1 aromatic rings. The highest BCUT2D eigenvalue weighted by atomic mass is 32.1. The fourth-order valence-corrected chi connectivity index (χ4v) is 2.81. The zero-order chi connectivity index (χ0) is 13.8. The molecule has 0 saturated carbocycles. The van der Waals surface area contributed by atoms with Crippen LogP contribution in [0.3, 0.4) is 0 Å². The highest BCUT2D eigenvalue weighted by molar-refractivity contribution is 7.13. The van der Waals surface area contributed by atoms with Gasteiger partial charge < -0.3 is 15.3 Å². The number of likely N-dealkylation sites (tertiary alicyclic amines) is 1. The van der Waals surface area contributed by atoms with Gasteiger partial charge in [-0.15, -0.1) is 11.3 Å². The molecule has 1 saturated heterocycles. The number of hydrogen-bond acceptors (Lipinski definition) is 4. The van der Waals surface area contributed by atoms with Gasteiger partial charge >= 0.3 is 6.09 Å². The fourth-order valence-electron chi connectivity index (χ4n) is 2.12. The van der Waals surface area contributed by atoms with E-state index >= 15 is 0 Å². The third-order valence-corrected chi connectivity index (χ3v) is 4.19. The van der Waals surface area contributed by atoms with Gasteiger partial charge in [0.2, 0.25) is 0 Å². The number of carboxylic acid groups (broad SMARTS) is 1. The standard InChI is InChI=1S/C12H17N3O3S/c1-8-13-7-10(19-8)11(16)14-6-9-2-4-15(5-3-9)12(17)18/h7,9H,2-6H2,1H3,(H,14,16)(H,17,18). The molecule has 0 aliphatic carbocycles. The van der Waals surface area contributed by atoms with Gasteiger partial charge in [-0.25, -0.2) is 9.78 Å². The van der Waals surface area contributed by atoms with E-state index in [1.54, 1.807) is 6.20 Å². The number of amides is 2. The minimum Gasteiger partial charge on any atom is -0.465 e. The van der Waals surface area contributed by atoms with Crippen LogP contribution in [0, 0.1) is 12.8 Å². The second-order valence-electron chi connectivity index (χ2n) is 4.67. The van der Waals surface area contributed by atoms with Crippen molar-refractivity contribution in [3.63, 3.8) is 0 Å². The highest BCUT2D eigenvalue weighted by Crippen LogP contribution is 2.17. The van der Waals surface area contributed by atoms with Gasteiger partial charge in [-0.1, -0.05) is 0 Å². The molecule has 2 amide bonds. The van der Waals surface area contributed by atoms with Gasteiger partial charge in [-0.3, -0.25) is 4.79 Å². The maximum Gasteiger partial charge on any atom is 0.407 e. The van der Waals surface area contributed by atoms with Gasteiger partial charge in [0.1, 0.15) is 4.88 Å². The molecule has 1 aliphatic heterocycles. The first-order valence-corrected chi connectivity index (χ1v) is 7.06. The van der Waals surface area contributed by atoms with E-state index in [9.17, 15) is 9.59 Å². The molecule has 104 valence electrons. The lowest BCUT2D eigenvalue weighted by molar-refractivity contribution is 0.0932. The van der Waals surface area contributed by atoms with Gasteiger partial charge in [0.05, 0.1) is 11.2 Å². The van der Waals surface area contributed by atoms with Crippen molar-refractivity contribution in [3.05, 3.63) is 16.1 Å². The molecule has 1 fully saturated rings. The summed E-state index contributed by atoms with van der Waals surface area (Å²) in [6, 6.07) is 0. The van der Waals surface area contributed by atoms with E-state index in [4.69, 9.17) is 5.11 Å². The maximum atomic E-state index is 11.8. The van der Waals surface area contributed by atoms with E-state index in [2.05, 4.69) is 10.3 Å². The van der Waals surface area contributed by atoms with Crippen LogP contribution < -0.4 is 5.32 Å². The zero-order valence-corrected chi connectivity index (χ0v) is 11.6. The van der Waals surface area contributed by atoms with E-state index < -0.39 is 6.09 Å². The number of nitrogens with zero attached hydrogens (tertiary/aromatic N) is 2. The maximum absolute atomic E-state index is 11.8. The molecule has 7 heteroatoms. The van der Waals surface area contributed by atoms with E-state index in [1.807, 2.05) is 6.92 Å². The molecule has 0 radical (unpaired) electrons. The first kappa shape index (κ1) is 13.8. The van der Waals surface area contributed by atoms with Crippen molar-refractivity contribution in [1.82, 2.24) is 15.2 Å². The molecule has 0 aromatic carbocycles. The molecule has 6 nitrogen and oxygen atoms in total. The van der Waals surface area contributed by atoms with Gasteiger partial charge in [0, 0.05) is 19.6 Å². The lowest BCUT2D eigenvalue weighted by Gasteiger charge is -2.29. The van der Waals surface area contributed by atoms with Crippen LogP contribution in [-0.2, 0) is 0 Å². The van der Waals surface area contributed by atoms with Crippen molar-refractivity contribution in [1.29, 1.82) is 0 Å². The van der Waals surface area contributed by atoms with Crippen LogP contribution in [0.15, 0.2) is 6.20 Å². The highest BCUT2D eigenvalue weighted by Gasteiger charge is 2.22. The Balaban J connectivity index is 1.75. The summed E-state index contributed by atoms with van der Waals surface area (Å²) in [7, 11) is 0. The molecule has 1 aromatic heterocycles. The Kier molecular flexibility index (Phi) is 4.36. The van der Waals surface area contributed by atoms with Crippen molar-refractivity contribution in [2.45, 2.75) is 19.8 Å². The third-order valence-electron chi connectivity index (χ3n) is 3.28. The number of thiazole rings is 1. The first-order valence-electron chi connectivity index (χ1n) is 6.24. The molecule has 2 N–H and O–H groups in total. The molecule has 0 bridgehead atoms. The summed E-state index contributed by atoms with van der Waals surface area (Å²) in [5.74, 6) is 0.264. The number of nitrogens with one attached hydrogen (secondary N) is 1. The zero-order valence-electron chi connectivity index (χ0n) is 10.8. The van der Waals surface area contributed by atoms with Crippen LogP contribution in [0.25, 0.3) is 0 Å². The monoisotopic (exact) mass is 283 g/mol. The molecule has 0 atom stereocenters. The SMILES string of the molecule is Cc1ncc(C(=O)NCC2CCN(C(=O)O)CC2)s1. The van der Waals surface area contributed by atoms with Crippen molar-refractivity contribution in [2.75, 3.05) is 19.6 Å². The van der Waals surface area contributed by atoms with Gasteiger partial charge in [-0.05, 0) is 25.7 Å². The minimum atomic E-state index is -0.859. The normalized spacial score (nSPS) is 16.4. The van der Waals surface area contributed by atoms with E-state index in [1.165, 1.54) is 16.2 Å². The van der Waals surface area contributed by atoms with Crippen molar-refractivity contribution in [2.24, 2.45) is 5.92 Å². The number of aromatic nitrogens is 1. The van der Waals surface area contributed by atoms with E-state index in [0.717, 1.165) is 17.8 Å². The fraction of sp³-hybridized carbons (Fsp3) is 0.583. The Morgan fingerprint density at radius 2 is 2.21 bits per heavy atom. The Bertz CT molecular complexity index is 467. The molecule has 2 rings (SSSR count). The Hall–Kier alpha value is -1.63. The second-order valence-corrected chi connectivity index (χ2v) is 5.90. The molecular weight excluding hydrogens is 266 g/mol. The van der Waals surface area contributed by atoms with Crippen molar-refractivity contribution >= 4 is 23.3 Å². The van der Waals surface area contributed by atoms with Crippen LogP contribution in [0.5, 0.6) is 0 Å². The van der Waals surface area contributed by atoms with Crippen LogP contribution in [0.2, 0.25) is 0 Å². The largest absolute Gasteiger partial charge is 0.465 e. The van der Waals surface area contributed by atoms with Crippen molar-refractivity contribution < 1.29 is 14.7 Å². The summed E-state index contributed by atoms with van der Waals surface area (Å²) in [6.45, 7) is 3.57. The molecular formula is C12H17N3O3S. The Morgan fingerprint density at radius 3 is 2.74 bits per heavy atom. The number of aryl methyl sites for hydroxylation is 1. The Labute approximate surface area is 115 Å². The average molecular weight is 283 g/mol. The summed E-state index contributed by atoms with van der Waals surface area (Å²) in [5, 5.41) is 12.6. The molecule has 0 spiro atoms. The van der Waals surface area contributed by atoms with Crippen LogP contribution in [-0.4, -0.2) is 46.6 Å². The minimum absolute atomic E-state index is 0.0914. The smallest absolute Gasteiger partial charge is 0.407 e. The van der Waals surface area contributed by atoms with Crippen LogP contribution in [0.4, 0.5) is 4.79 Å². The predicted octanol–water partition coefficient (Wildman–Crippen LogP) is 1.57. The predicted molar refractivity (Wildman–Crippen MR) is 71.5 cm³/mol. The van der Waals surface area contributed by atoms with Gasteiger partial charge in [0.25, 0.3) is 5.91 Å². The van der Waals surface area contributed by atoms with Crippen LogP contribution >= 0.6 is 11.3 Å². The number of hydrogen-bond donors (Lipinski definition) is 2. The van der Waals surface area contributed by atoms with Gasteiger partial charge in [-0.2, -0.15) is 0 Å². The number of carbonyl (C=O) groups excluding carboxylic acids is 1. The quantitative estimate of drug-likeness (QED) is 0.882. The first-order chi connectivity index (χ1) is 9.06. The summed E-state index contributed by atoms with van der Waals surface area (Å²) < 4.78 is 0. The molecule has 0 unspecified atom stereocenters. The van der Waals surface area contributed by atoms with Gasteiger partial charge in [0.15, 0.2) is 0 Å². The summed E-state index contributed by atoms with van der Waals surface area (Å²) in [5.41, 5.74) is 0. The molecule has 1 aliphatic rings. The lowest BCUT2D eigenvalue weighted by Crippen LogP contribution is -2.40. The lowest BCUT2D eigenvalue weighted by atomic mass is 9.97. The number of piperidine rings is 1. The van der Waals surface area contributed by atoms with Crippen LogP contribution in [0.1, 0.15) is 27.5 Å². The van der Waals surface area contributed by atoms with E-state index in [-0.39, 0.29) is 5.91 Å². The molecule has 19 heavy (non-hydrogen) atoms. The topological polar surface area (TPSA) is 82.5 Å². The number of carbonyl (C=O) groups is 2. The van der Waals surface area contributed by atoms with E-state index in [0.29, 0.717) is 30.4 Å². The second kappa shape index (κ2) is 6.01. The van der Waals surface area contributed by atoms with Crippen molar-refractivity contribution in [3.8, 4) is 0 Å². The molecule has 2 heterocycles. The summed E-state index contributed by atoms with van der Waals surface area (Å²) in [4.78, 5) is 28.7. The number of rotatable bonds is 3. The third kappa shape index (κ3) is 3.66.